The van der Waals surface area contributed by atoms with Crippen molar-refractivity contribution in [1.82, 2.24) is 0 Å². The second-order valence-corrected chi connectivity index (χ2v) is 6.82. The fourth-order valence-electron chi connectivity index (χ4n) is 2.99. The van der Waals surface area contributed by atoms with Crippen LogP contribution in [0.4, 0.5) is 5.69 Å². The van der Waals surface area contributed by atoms with Crippen molar-refractivity contribution in [2.45, 2.75) is 6.04 Å². The Morgan fingerprint density at radius 2 is 1.58 bits per heavy atom. The van der Waals surface area contributed by atoms with Crippen molar-refractivity contribution in [2.75, 3.05) is 12.4 Å². The lowest BCUT2D eigenvalue weighted by atomic mass is 10.1. The summed E-state index contributed by atoms with van der Waals surface area (Å²) in [5.41, 5.74) is 7.07. The van der Waals surface area contributed by atoms with E-state index in [-0.39, 0.29) is 11.4 Å². The fourth-order valence-corrected chi connectivity index (χ4v) is 2.99. The third-order valence-electron chi connectivity index (χ3n) is 4.70. The van der Waals surface area contributed by atoms with E-state index >= 15 is 0 Å². The molecule has 0 heterocycles. The second-order valence-electron chi connectivity index (χ2n) is 6.82. The van der Waals surface area contributed by atoms with E-state index in [0.717, 1.165) is 0 Å². The molecule has 0 radical (unpaired) electrons. The van der Waals surface area contributed by atoms with E-state index in [9.17, 15) is 14.7 Å². The standard InChI is InChI=1S/C23H21N3O7/c1-32-19-12-15(6-11-18(19)33-17-9-4-14(5-10-17)22(27)28)20(23(29)30)25-16-7-2-13(3-8-16)21(24)26-31/h2-12,20,25,31H,1H3,(H2,24,26)(H,27,28)(H,29,30). The first-order valence-corrected chi connectivity index (χ1v) is 9.59. The van der Waals surface area contributed by atoms with Gasteiger partial charge in [0.2, 0.25) is 0 Å². The first-order valence-electron chi connectivity index (χ1n) is 9.59. The minimum Gasteiger partial charge on any atom is -0.493 e. The summed E-state index contributed by atoms with van der Waals surface area (Å²) >= 11 is 0. The minimum atomic E-state index is -1.12. The third-order valence-corrected chi connectivity index (χ3v) is 4.70. The molecule has 0 aliphatic rings. The van der Waals surface area contributed by atoms with Gasteiger partial charge in [-0.25, -0.2) is 9.59 Å². The Hall–Kier alpha value is -4.73. The normalized spacial score (nSPS) is 12.0. The summed E-state index contributed by atoms with van der Waals surface area (Å²) in [6.45, 7) is 0. The highest BCUT2D eigenvalue weighted by Gasteiger charge is 2.22. The average Bonchev–Trinajstić information content (AvgIpc) is 2.83. The van der Waals surface area contributed by atoms with Crippen LogP contribution in [0.1, 0.15) is 27.5 Å². The number of nitrogens with one attached hydrogen (secondary N) is 1. The second kappa shape index (κ2) is 10.1. The zero-order valence-corrected chi connectivity index (χ0v) is 17.4. The molecule has 1 unspecified atom stereocenters. The quantitative estimate of drug-likeness (QED) is 0.142. The molecule has 33 heavy (non-hydrogen) atoms. The number of hydrogen-bond acceptors (Lipinski definition) is 7. The Kier molecular flexibility index (Phi) is 6.99. The number of carbonyl (C=O) groups is 2. The molecular weight excluding hydrogens is 430 g/mol. The first kappa shape index (κ1) is 22.9. The molecule has 0 amide bonds. The molecule has 0 saturated heterocycles. The molecule has 10 nitrogen and oxygen atoms in total. The number of oxime groups is 1. The number of carboxylic acids is 2. The smallest absolute Gasteiger partial charge is 0.335 e. The van der Waals surface area contributed by atoms with E-state index in [1.54, 1.807) is 36.4 Å². The number of rotatable bonds is 9. The van der Waals surface area contributed by atoms with E-state index in [0.29, 0.717) is 34.1 Å². The summed E-state index contributed by atoms with van der Waals surface area (Å²) in [4.78, 5) is 22.9. The van der Waals surface area contributed by atoms with Crippen LogP contribution in [-0.4, -0.2) is 40.3 Å². The summed E-state index contributed by atoms with van der Waals surface area (Å²) < 4.78 is 11.1. The van der Waals surface area contributed by atoms with Crippen LogP contribution in [0.25, 0.3) is 0 Å². The molecule has 0 fully saturated rings. The molecule has 0 spiro atoms. The van der Waals surface area contributed by atoms with Crippen LogP contribution in [0.15, 0.2) is 71.9 Å². The molecule has 3 aromatic carbocycles. The molecule has 170 valence electrons. The number of carboxylic acid groups (broad SMARTS) is 2. The van der Waals surface area contributed by atoms with Crippen molar-refractivity contribution in [3.05, 3.63) is 83.4 Å². The van der Waals surface area contributed by atoms with Crippen LogP contribution in [0.5, 0.6) is 17.2 Å². The molecule has 6 N–H and O–H groups in total. The Morgan fingerprint density at radius 1 is 0.939 bits per heavy atom. The molecule has 0 bridgehead atoms. The van der Waals surface area contributed by atoms with E-state index in [1.165, 1.54) is 37.4 Å². The van der Waals surface area contributed by atoms with Gasteiger partial charge >= 0.3 is 11.9 Å². The van der Waals surface area contributed by atoms with Crippen LogP contribution >= 0.6 is 0 Å². The summed E-state index contributed by atoms with van der Waals surface area (Å²) in [5.74, 6) is -1.20. The van der Waals surface area contributed by atoms with Gasteiger partial charge in [0, 0.05) is 11.3 Å². The highest BCUT2D eigenvalue weighted by Crippen LogP contribution is 2.35. The van der Waals surface area contributed by atoms with Crippen molar-refractivity contribution in [2.24, 2.45) is 10.9 Å². The Balaban J connectivity index is 1.82. The Labute approximate surface area is 188 Å². The number of benzene rings is 3. The largest absolute Gasteiger partial charge is 0.493 e. The van der Waals surface area contributed by atoms with Gasteiger partial charge in [-0.15, -0.1) is 0 Å². The number of nitrogens with two attached hydrogens (primary N) is 1. The summed E-state index contributed by atoms with van der Waals surface area (Å²) in [5, 5.41) is 33.3. The number of ether oxygens (including phenoxy) is 2. The molecule has 3 rings (SSSR count). The molecule has 0 saturated carbocycles. The monoisotopic (exact) mass is 451 g/mol. The fraction of sp³-hybridized carbons (Fsp3) is 0.0870. The third kappa shape index (κ3) is 5.50. The van der Waals surface area contributed by atoms with Gasteiger partial charge in [-0.2, -0.15) is 0 Å². The lowest BCUT2D eigenvalue weighted by molar-refractivity contribution is -0.138. The van der Waals surface area contributed by atoms with Crippen LogP contribution in [0.2, 0.25) is 0 Å². The van der Waals surface area contributed by atoms with Crippen LogP contribution in [0, 0.1) is 0 Å². The van der Waals surface area contributed by atoms with Crippen molar-refractivity contribution >= 4 is 23.5 Å². The van der Waals surface area contributed by atoms with E-state index in [2.05, 4.69) is 10.5 Å². The SMILES string of the molecule is COc1cc(C(Nc2ccc(/C(N)=N/O)cc2)C(=O)O)ccc1Oc1ccc(C(=O)O)cc1. The van der Waals surface area contributed by atoms with Gasteiger partial charge in [0.05, 0.1) is 12.7 Å². The van der Waals surface area contributed by atoms with E-state index in [4.69, 9.17) is 25.5 Å². The molecule has 3 aromatic rings. The number of aromatic carboxylic acids is 1. The van der Waals surface area contributed by atoms with Gasteiger partial charge < -0.3 is 35.9 Å². The zero-order chi connectivity index (χ0) is 24.0. The molecule has 0 aliphatic heterocycles. The van der Waals surface area contributed by atoms with Gasteiger partial charge in [-0.3, -0.25) is 0 Å². The van der Waals surface area contributed by atoms with E-state index in [1.807, 2.05) is 0 Å². The van der Waals surface area contributed by atoms with Gasteiger partial charge in [0.15, 0.2) is 23.4 Å². The number of methoxy groups -OCH3 is 1. The van der Waals surface area contributed by atoms with Crippen molar-refractivity contribution in [3.8, 4) is 17.2 Å². The highest BCUT2D eigenvalue weighted by atomic mass is 16.5. The maximum atomic E-state index is 11.9. The average molecular weight is 451 g/mol. The molecule has 0 aliphatic carbocycles. The number of anilines is 1. The van der Waals surface area contributed by atoms with Crippen molar-refractivity contribution < 1.29 is 34.5 Å². The van der Waals surface area contributed by atoms with Gasteiger partial charge in [0.1, 0.15) is 5.75 Å². The van der Waals surface area contributed by atoms with Gasteiger partial charge in [-0.05, 0) is 66.2 Å². The maximum Gasteiger partial charge on any atom is 0.335 e. The molecule has 1 atom stereocenters. The predicted octanol–water partition coefficient (Wildman–Crippen LogP) is 3.52. The molecular formula is C23H21N3O7. The number of aliphatic carboxylic acids is 1. The van der Waals surface area contributed by atoms with Crippen LogP contribution in [-0.2, 0) is 4.79 Å². The van der Waals surface area contributed by atoms with Crippen molar-refractivity contribution in [3.63, 3.8) is 0 Å². The lowest BCUT2D eigenvalue weighted by Crippen LogP contribution is -2.20. The zero-order valence-electron chi connectivity index (χ0n) is 17.4. The number of amidine groups is 1. The summed E-state index contributed by atoms with van der Waals surface area (Å²) in [7, 11) is 1.43. The number of nitrogens with zero attached hydrogens (tertiary/aromatic N) is 1. The topological polar surface area (TPSA) is 164 Å². The minimum absolute atomic E-state index is 0.0609. The predicted molar refractivity (Wildman–Crippen MR) is 119 cm³/mol. The lowest BCUT2D eigenvalue weighted by Gasteiger charge is -2.18. The first-order chi connectivity index (χ1) is 15.8. The Bertz CT molecular complexity index is 1180. The summed E-state index contributed by atoms with van der Waals surface area (Å²) in [6.07, 6.45) is 0. The maximum absolute atomic E-state index is 11.9. The van der Waals surface area contributed by atoms with E-state index < -0.39 is 18.0 Å². The molecule has 0 aromatic heterocycles. The van der Waals surface area contributed by atoms with Gasteiger partial charge in [0.25, 0.3) is 0 Å². The van der Waals surface area contributed by atoms with Crippen LogP contribution < -0.4 is 20.5 Å². The van der Waals surface area contributed by atoms with Crippen LogP contribution in [0.3, 0.4) is 0 Å². The summed E-state index contributed by atoms with van der Waals surface area (Å²) in [6, 6.07) is 15.8. The highest BCUT2D eigenvalue weighted by molar-refractivity contribution is 5.97. The van der Waals surface area contributed by atoms with Crippen molar-refractivity contribution in [1.29, 1.82) is 0 Å². The molecule has 10 heteroatoms. The number of hydrogen-bond donors (Lipinski definition) is 5. The Morgan fingerprint density at radius 3 is 2.12 bits per heavy atom. The van der Waals surface area contributed by atoms with Gasteiger partial charge in [-0.1, -0.05) is 11.2 Å².